The van der Waals surface area contributed by atoms with Crippen molar-refractivity contribution in [1.29, 1.82) is 0 Å². The minimum atomic E-state index is -2.71. The Bertz CT molecular complexity index is 422. The number of nitrogens with one attached hydrogen (secondary N) is 1. The fourth-order valence-corrected chi connectivity index (χ4v) is 4.76. The van der Waals surface area contributed by atoms with Crippen molar-refractivity contribution in [1.82, 2.24) is 0 Å². The molecule has 1 aromatic rings. The summed E-state index contributed by atoms with van der Waals surface area (Å²) in [5.41, 5.74) is 1.11. The van der Waals surface area contributed by atoms with Crippen LogP contribution in [0.4, 0.5) is 5.69 Å². The van der Waals surface area contributed by atoms with E-state index in [4.69, 9.17) is 13.3 Å². The average molecular weight is 344 g/mol. The molecule has 1 aromatic carbocycles. The summed E-state index contributed by atoms with van der Waals surface area (Å²) in [5, 5.41) is 4.41. The van der Waals surface area contributed by atoms with Gasteiger partial charge in [-0.2, -0.15) is 11.8 Å². The van der Waals surface area contributed by atoms with Crippen LogP contribution in [-0.4, -0.2) is 47.2 Å². The van der Waals surface area contributed by atoms with E-state index in [-0.39, 0.29) is 0 Å². The van der Waals surface area contributed by atoms with E-state index in [0.29, 0.717) is 4.75 Å². The standard InChI is InChI=1S/C16H29NO3SSi/c1-16(2,3)21-13-7-12-17-14-8-10-15(11-9-14)22(18-4,19-5)20-6/h8-11,17H,7,12-13H2,1-6H3. The van der Waals surface area contributed by atoms with E-state index >= 15 is 0 Å². The number of thioether (sulfide) groups is 1. The van der Waals surface area contributed by atoms with E-state index in [1.165, 1.54) is 5.75 Å². The predicted molar refractivity (Wildman–Crippen MR) is 98.2 cm³/mol. The van der Waals surface area contributed by atoms with Crippen molar-refractivity contribution in [3.05, 3.63) is 24.3 Å². The van der Waals surface area contributed by atoms with Gasteiger partial charge in [0.25, 0.3) is 0 Å². The molecule has 0 heterocycles. The van der Waals surface area contributed by atoms with E-state index in [9.17, 15) is 0 Å². The van der Waals surface area contributed by atoms with Crippen molar-refractivity contribution in [2.45, 2.75) is 31.9 Å². The largest absolute Gasteiger partial charge is 0.536 e. The minimum absolute atomic E-state index is 0.343. The second-order valence-corrected chi connectivity index (χ2v) is 10.8. The summed E-state index contributed by atoms with van der Waals surface area (Å²) in [6, 6.07) is 8.11. The lowest BCUT2D eigenvalue weighted by Gasteiger charge is -2.24. The average Bonchev–Trinajstić information content (AvgIpc) is 2.49. The first kappa shape index (κ1) is 19.5. The lowest BCUT2D eigenvalue weighted by molar-refractivity contribution is 0.140. The highest BCUT2D eigenvalue weighted by Gasteiger charge is 2.40. The fourth-order valence-electron chi connectivity index (χ4n) is 2.08. The maximum absolute atomic E-state index is 5.48. The SMILES string of the molecule is CO[Si](OC)(OC)c1ccc(NCCCSC(C)(C)C)cc1. The maximum atomic E-state index is 5.48. The van der Waals surface area contributed by atoms with Gasteiger partial charge in [-0.1, -0.05) is 32.9 Å². The van der Waals surface area contributed by atoms with Crippen LogP contribution in [0, 0.1) is 0 Å². The summed E-state index contributed by atoms with van der Waals surface area (Å²) >= 11 is 2.00. The zero-order valence-electron chi connectivity index (χ0n) is 14.6. The first-order valence-electron chi connectivity index (χ1n) is 7.50. The molecule has 0 saturated carbocycles. The van der Waals surface area contributed by atoms with E-state index in [1.54, 1.807) is 21.3 Å². The van der Waals surface area contributed by atoms with Gasteiger partial charge in [0.2, 0.25) is 0 Å². The zero-order valence-corrected chi connectivity index (χ0v) is 16.4. The van der Waals surface area contributed by atoms with Gasteiger partial charge in [-0.15, -0.1) is 0 Å². The van der Waals surface area contributed by atoms with E-state index in [0.717, 1.165) is 23.8 Å². The number of benzene rings is 1. The monoisotopic (exact) mass is 343 g/mol. The van der Waals surface area contributed by atoms with Crippen LogP contribution in [0.1, 0.15) is 27.2 Å². The van der Waals surface area contributed by atoms with Gasteiger partial charge in [0.05, 0.1) is 0 Å². The van der Waals surface area contributed by atoms with Crippen LogP contribution < -0.4 is 10.5 Å². The molecule has 22 heavy (non-hydrogen) atoms. The normalized spacial score (nSPS) is 12.5. The Balaban J connectivity index is 2.48. The van der Waals surface area contributed by atoms with Crippen molar-refractivity contribution < 1.29 is 13.3 Å². The van der Waals surface area contributed by atoms with Gasteiger partial charge in [-0.25, -0.2) is 0 Å². The molecule has 0 amide bonds. The van der Waals surface area contributed by atoms with Gasteiger partial charge in [0.15, 0.2) is 0 Å². The maximum Gasteiger partial charge on any atom is 0.536 e. The van der Waals surface area contributed by atoms with Gasteiger partial charge in [-0.3, -0.25) is 0 Å². The third kappa shape index (κ3) is 5.93. The van der Waals surface area contributed by atoms with Crippen molar-refractivity contribution in [3.63, 3.8) is 0 Å². The molecule has 4 nitrogen and oxygen atoms in total. The Hall–Kier alpha value is -0.533. The number of rotatable bonds is 9. The molecule has 0 spiro atoms. The van der Waals surface area contributed by atoms with Gasteiger partial charge in [-0.05, 0) is 24.3 Å². The Morgan fingerprint density at radius 3 is 2.00 bits per heavy atom. The van der Waals surface area contributed by atoms with E-state index in [1.807, 2.05) is 36.0 Å². The minimum Gasteiger partial charge on any atom is -0.385 e. The number of hydrogen-bond donors (Lipinski definition) is 1. The van der Waals surface area contributed by atoms with Crippen molar-refractivity contribution in [3.8, 4) is 0 Å². The molecule has 1 rings (SSSR count). The van der Waals surface area contributed by atoms with E-state index < -0.39 is 8.80 Å². The third-order valence-electron chi connectivity index (χ3n) is 3.23. The summed E-state index contributed by atoms with van der Waals surface area (Å²) in [6.45, 7) is 7.73. The van der Waals surface area contributed by atoms with Crippen LogP contribution in [0.25, 0.3) is 0 Å². The molecule has 6 heteroatoms. The summed E-state index contributed by atoms with van der Waals surface area (Å²) in [5.74, 6) is 1.17. The Labute approximate surface area is 140 Å². The van der Waals surface area contributed by atoms with Gasteiger partial charge < -0.3 is 18.6 Å². The molecule has 0 atom stereocenters. The molecule has 0 aliphatic rings. The highest BCUT2D eigenvalue weighted by atomic mass is 32.2. The summed E-state index contributed by atoms with van der Waals surface area (Å²) in [7, 11) is 2.16. The highest BCUT2D eigenvalue weighted by molar-refractivity contribution is 8.00. The highest BCUT2D eigenvalue weighted by Crippen LogP contribution is 2.23. The second kappa shape index (κ2) is 8.93. The first-order valence-corrected chi connectivity index (χ1v) is 10.2. The number of hydrogen-bond acceptors (Lipinski definition) is 5. The van der Waals surface area contributed by atoms with Crippen LogP contribution in [0.2, 0.25) is 0 Å². The molecule has 126 valence electrons. The van der Waals surface area contributed by atoms with Crippen molar-refractivity contribution in [2.24, 2.45) is 0 Å². The molecule has 0 unspecified atom stereocenters. The van der Waals surface area contributed by atoms with Crippen molar-refractivity contribution >= 4 is 31.4 Å². The summed E-state index contributed by atoms with van der Waals surface area (Å²) < 4.78 is 16.8. The molecule has 0 bridgehead atoms. The zero-order chi connectivity index (χ0) is 16.6. The predicted octanol–water partition coefficient (Wildman–Crippen LogP) is 3.11. The van der Waals surface area contributed by atoms with Gasteiger partial charge >= 0.3 is 8.80 Å². The smallest absolute Gasteiger partial charge is 0.385 e. The Morgan fingerprint density at radius 2 is 1.55 bits per heavy atom. The molecular formula is C16H29NO3SSi. The van der Waals surface area contributed by atoms with Crippen molar-refractivity contribution in [2.75, 3.05) is 38.9 Å². The lowest BCUT2D eigenvalue weighted by Crippen LogP contribution is -2.54. The molecule has 0 radical (unpaired) electrons. The van der Waals surface area contributed by atoms with Gasteiger partial charge in [0, 0.05) is 43.5 Å². The fraction of sp³-hybridized carbons (Fsp3) is 0.625. The van der Waals surface area contributed by atoms with Crippen LogP contribution in [0.3, 0.4) is 0 Å². The Kier molecular flexibility index (Phi) is 7.92. The second-order valence-electron chi connectivity index (χ2n) is 5.99. The quantitative estimate of drug-likeness (QED) is 0.551. The molecule has 0 aliphatic heterocycles. The molecule has 0 aromatic heterocycles. The first-order chi connectivity index (χ1) is 10.4. The number of anilines is 1. The summed E-state index contributed by atoms with van der Waals surface area (Å²) in [6.07, 6.45) is 1.15. The van der Waals surface area contributed by atoms with E-state index in [2.05, 4.69) is 26.1 Å². The molecular weight excluding hydrogens is 314 g/mol. The summed E-state index contributed by atoms with van der Waals surface area (Å²) in [4.78, 5) is 0. The topological polar surface area (TPSA) is 39.7 Å². The van der Waals surface area contributed by atoms with Gasteiger partial charge in [0.1, 0.15) is 0 Å². The molecule has 1 N–H and O–H groups in total. The Morgan fingerprint density at radius 1 is 1.00 bits per heavy atom. The molecule has 0 saturated heterocycles. The van der Waals surface area contributed by atoms with Crippen LogP contribution >= 0.6 is 11.8 Å². The van der Waals surface area contributed by atoms with Crippen LogP contribution in [0.15, 0.2) is 24.3 Å². The van der Waals surface area contributed by atoms with Crippen LogP contribution in [-0.2, 0) is 13.3 Å². The molecule has 0 aliphatic carbocycles. The third-order valence-corrected chi connectivity index (χ3v) is 7.24. The molecule has 0 fully saturated rings. The van der Waals surface area contributed by atoms with Crippen LogP contribution in [0.5, 0.6) is 0 Å². The lowest BCUT2D eigenvalue weighted by atomic mass is 10.3.